The molecule has 1 unspecified atom stereocenters. The van der Waals surface area contributed by atoms with Crippen LogP contribution in [0, 0.1) is 12.7 Å². The molecule has 1 aliphatic heterocycles. The Morgan fingerprint density at radius 3 is 2.68 bits per heavy atom. The van der Waals surface area contributed by atoms with E-state index >= 15 is 0 Å². The van der Waals surface area contributed by atoms with E-state index in [-0.39, 0.29) is 23.9 Å². The highest BCUT2D eigenvalue weighted by molar-refractivity contribution is 5.95. The third-order valence-corrected chi connectivity index (χ3v) is 3.95. The van der Waals surface area contributed by atoms with Crippen molar-refractivity contribution in [2.75, 3.05) is 13.1 Å². The van der Waals surface area contributed by atoms with Crippen molar-refractivity contribution in [1.82, 2.24) is 10.2 Å². The number of aryl methyl sites for hydroxylation is 1. The fourth-order valence-electron chi connectivity index (χ4n) is 2.76. The molecule has 1 atom stereocenters. The van der Waals surface area contributed by atoms with E-state index in [0.29, 0.717) is 18.5 Å². The first-order chi connectivity index (χ1) is 11.6. The van der Waals surface area contributed by atoms with Gasteiger partial charge in [0.25, 0.3) is 5.91 Å². The van der Waals surface area contributed by atoms with E-state index in [2.05, 4.69) is 5.32 Å². The first-order valence-electron chi connectivity index (χ1n) is 8.35. The number of carbonyl (C=O) groups excluding carboxylic acids is 2. The average Bonchev–Trinajstić information content (AvgIpc) is 2.48. The fraction of sp³-hybridized carbons (Fsp3) is 0.556. The van der Waals surface area contributed by atoms with Gasteiger partial charge >= 0.3 is 6.09 Å². The minimum absolute atomic E-state index is 0.0757. The number of piperidine rings is 1. The molecule has 25 heavy (non-hydrogen) atoms. The number of phenols is 1. The number of amides is 2. The second kappa shape index (κ2) is 7.29. The topological polar surface area (TPSA) is 78.9 Å². The van der Waals surface area contributed by atoms with Crippen molar-refractivity contribution in [3.8, 4) is 5.75 Å². The number of hydrogen-bond donors (Lipinski definition) is 2. The summed E-state index contributed by atoms with van der Waals surface area (Å²) in [5.74, 6) is -1.39. The van der Waals surface area contributed by atoms with Crippen molar-refractivity contribution in [2.24, 2.45) is 0 Å². The molecule has 1 aromatic carbocycles. The SMILES string of the molecule is Cc1cc(C(=O)N2CCCC(NC(=O)OC(C)(C)C)C2)c(F)cc1O. The first kappa shape index (κ1) is 19.0. The molecule has 0 spiro atoms. The number of nitrogens with one attached hydrogen (secondary N) is 1. The Hall–Kier alpha value is -2.31. The van der Waals surface area contributed by atoms with Gasteiger partial charge in [0.1, 0.15) is 17.2 Å². The zero-order valence-electron chi connectivity index (χ0n) is 15.1. The molecular weight excluding hydrogens is 327 g/mol. The number of likely N-dealkylation sites (tertiary alicyclic amines) is 1. The van der Waals surface area contributed by atoms with Gasteiger partial charge in [-0.2, -0.15) is 0 Å². The molecule has 7 heteroatoms. The molecule has 138 valence electrons. The second-order valence-corrected chi connectivity index (χ2v) is 7.36. The fourth-order valence-corrected chi connectivity index (χ4v) is 2.76. The van der Waals surface area contributed by atoms with Gasteiger partial charge in [0.15, 0.2) is 0 Å². The molecule has 2 amide bonds. The number of alkyl carbamates (subject to hydrolysis) is 1. The first-order valence-corrected chi connectivity index (χ1v) is 8.35. The molecule has 1 saturated heterocycles. The van der Waals surface area contributed by atoms with Gasteiger partial charge in [-0.15, -0.1) is 0 Å². The summed E-state index contributed by atoms with van der Waals surface area (Å²) >= 11 is 0. The lowest BCUT2D eigenvalue weighted by atomic mass is 10.0. The van der Waals surface area contributed by atoms with Crippen molar-refractivity contribution in [3.63, 3.8) is 0 Å². The Labute approximate surface area is 147 Å². The number of rotatable bonds is 2. The Morgan fingerprint density at radius 1 is 1.36 bits per heavy atom. The van der Waals surface area contributed by atoms with E-state index in [1.807, 2.05) is 0 Å². The summed E-state index contributed by atoms with van der Waals surface area (Å²) in [6, 6.07) is 2.05. The van der Waals surface area contributed by atoms with Crippen LogP contribution in [0.25, 0.3) is 0 Å². The number of phenolic OH excluding ortho intramolecular Hbond substituents is 1. The van der Waals surface area contributed by atoms with Gasteiger partial charge in [0.2, 0.25) is 0 Å². The standard InChI is InChI=1S/C18H25FN2O4/c1-11-8-13(14(19)9-15(11)22)16(23)21-7-5-6-12(10-21)20-17(24)25-18(2,3)4/h8-9,12,22H,5-7,10H2,1-4H3,(H,20,24). The molecule has 1 aromatic rings. The molecule has 2 N–H and O–H groups in total. The maximum atomic E-state index is 14.0. The van der Waals surface area contributed by atoms with E-state index in [4.69, 9.17) is 4.74 Å². The summed E-state index contributed by atoms with van der Waals surface area (Å²) in [5.41, 5.74) is -0.237. The Kier molecular flexibility index (Phi) is 5.55. The summed E-state index contributed by atoms with van der Waals surface area (Å²) in [6.45, 7) is 7.72. The number of aromatic hydroxyl groups is 1. The van der Waals surface area contributed by atoms with Gasteiger partial charge in [-0.3, -0.25) is 4.79 Å². The maximum Gasteiger partial charge on any atom is 0.407 e. The van der Waals surface area contributed by atoms with E-state index in [1.54, 1.807) is 27.7 Å². The lowest BCUT2D eigenvalue weighted by molar-refractivity contribution is 0.0451. The van der Waals surface area contributed by atoms with Crippen LogP contribution < -0.4 is 5.32 Å². The molecule has 1 fully saturated rings. The number of benzene rings is 1. The van der Waals surface area contributed by atoms with Crippen molar-refractivity contribution < 1.29 is 23.8 Å². The molecule has 1 aliphatic rings. The molecule has 0 bridgehead atoms. The minimum atomic E-state index is -0.754. The number of ether oxygens (including phenoxy) is 1. The summed E-state index contributed by atoms with van der Waals surface area (Å²) in [6.07, 6.45) is 0.892. The van der Waals surface area contributed by atoms with E-state index in [1.165, 1.54) is 11.0 Å². The van der Waals surface area contributed by atoms with Crippen LogP contribution >= 0.6 is 0 Å². The monoisotopic (exact) mass is 352 g/mol. The highest BCUT2D eigenvalue weighted by Gasteiger charge is 2.28. The van der Waals surface area contributed by atoms with Gasteiger partial charge in [-0.25, -0.2) is 9.18 Å². The normalized spacial score (nSPS) is 18.0. The number of hydrogen-bond acceptors (Lipinski definition) is 4. The number of carbonyl (C=O) groups is 2. The summed E-state index contributed by atoms with van der Waals surface area (Å²) in [4.78, 5) is 26.0. The molecule has 1 heterocycles. The smallest absolute Gasteiger partial charge is 0.407 e. The molecule has 0 aliphatic carbocycles. The molecule has 0 saturated carbocycles. The average molecular weight is 352 g/mol. The number of nitrogens with zero attached hydrogens (tertiary/aromatic N) is 1. The van der Waals surface area contributed by atoms with E-state index < -0.39 is 23.4 Å². The van der Waals surface area contributed by atoms with Gasteiger partial charge in [-0.05, 0) is 52.2 Å². The van der Waals surface area contributed by atoms with Crippen molar-refractivity contribution >= 4 is 12.0 Å². The second-order valence-electron chi connectivity index (χ2n) is 7.36. The highest BCUT2D eigenvalue weighted by Crippen LogP contribution is 2.23. The molecular formula is C18H25FN2O4. The summed E-state index contributed by atoms with van der Waals surface area (Å²) in [5, 5.41) is 12.3. The van der Waals surface area contributed by atoms with Crippen LogP contribution in [0.15, 0.2) is 12.1 Å². The van der Waals surface area contributed by atoms with Crippen LogP contribution in [0.3, 0.4) is 0 Å². The maximum absolute atomic E-state index is 14.0. The lowest BCUT2D eigenvalue weighted by Crippen LogP contribution is -2.50. The third-order valence-electron chi connectivity index (χ3n) is 3.95. The van der Waals surface area contributed by atoms with Crippen LogP contribution in [0.2, 0.25) is 0 Å². The predicted molar refractivity (Wildman–Crippen MR) is 91.1 cm³/mol. The van der Waals surface area contributed by atoms with Gasteiger partial charge in [0, 0.05) is 25.2 Å². The van der Waals surface area contributed by atoms with Crippen molar-refractivity contribution in [2.45, 2.75) is 52.2 Å². The predicted octanol–water partition coefficient (Wildman–Crippen LogP) is 2.97. The molecule has 0 aromatic heterocycles. The van der Waals surface area contributed by atoms with Crippen LogP contribution in [0.4, 0.5) is 9.18 Å². The molecule has 0 radical (unpaired) electrons. The zero-order chi connectivity index (χ0) is 18.8. The van der Waals surface area contributed by atoms with Crippen LogP contribution in [0.5, 0.6) is 5.75 Å². The minimum Gasteiger partial charge on any atom is -0.508 e. The van der Waals surface area contributed by atoms with Crippen LogP contribution in [-0.2, 0) is 4.74 Å². The highest BCUT2D eigenvalue weighted by atomic mass is 19.1. The Balaban J connectivity index is 2.04. The van der Waals surface area contributed by atoms with Gasteiger partial charge < -0.3 is 20.1 Å². The molecule has 2 rings (SSSR count). The quantitative estimate of drug-likeness (QED) is 0.858. The van der Waals surface area contributed by atoms with Crippen LogP contribution in [-0.4, -0.2) is 46.7 Å². The van der Waals surface area contributed by atoms with Crippen LogP contribution in [0.1, 0.15) is 49.5 Å². The van der Waals surface area contributed by atoms with E-state index in [0.717, 1.165) is 12.5 Å². The summed E-state index contributed by atoms with van der Waals surface area (Å²) < 4.78 is 19.3. The van der Waals surface area contributed by atoms with Crippen molar-refractivity contribution in [3.05, 3.63) is 29.1 Å². The van der Waals surface area contributed by atoms with Gasteiger partial charge in [-0.1, -0.05) is 0 Å². The van der Waals surface area contributed by atoms with E-state index in [9.17, 15) is 19.1 Å². The summed E-state index contributed by atoms with van der Waals surface area (Å²) in [7, 11) is 0. The largest absolute Gasteiger partial charge is 0.508 e. The lowest BCUT2D eigenvalue weighted by Gasteiger charge is -2.33. The van der Waals surface area contributed by atoms with Gasteiger partial charge in [0.05, 0.1) is 5.56 Å². The Bertz CT molecular complexity index is 670. The molecule has 6 nitrogen and oxygen atoms in total. The zero-order valence-corrected chi connectivity index (χ0v) is 15.1. The van der Waals surface area contributed by atoms with Crippen molar-refractivity contribution in [1.29, 1.82) is 0 Å². The third kappa shape index (κ3) is 5.08. The Morgan fingerprint density at radius 2 is 2.04 bits per heavy atom. The number of halogens is 1.